The summed E-state index contributed by atoms with van der Waals surface area (Å²) in [4.78, 5) is 36.9. The molecular formula is C16H23N5O3. The van der Waals surface area contributed by atoms with Crippen molar-refractivity contribution in [3.05, 3.63) is 18.0 Å². The van der Waals surface area contributed by atoms with E-state index in [1.807, 2.05) is 11.0 Å². The highest BCUT2D eigenvalue weighted by Gasteiger charge is 2.32. The average molecular weight is 333 g/mol. The SMILES string of the molecule is COC(=O)C[C@H]1C(=O)NCCN1Cc1ccnc(N2CCCC2)n1. The van der Waals surface area contributed by atoms with Gasteiger partial charge in [0.15, 0.2) is 0 Å². The van der Waals surface area contributed by atoms with Crippen molar-refractivity contribution in [2.75, 3.05) is 38.2 Å². The summed E-state index contributed by atoms with van der Waals surface area (Å²) in [6.45, 7) is 3.73. The monoisotopic (exact) mass is 333 g/mol. The topological polar surface area (TPSA) is 87.7 Å². The van der Waals surface area contributed by atoms with E-state index in [1.165, 1.54) is 20.0 Å². The van der Waals surface area contributed by atoms with Gasteiger partial charge in [-0.05, 0) is 18.9 Å². The van der Waals surface area contributed by atoms with Gasteiger partial charge in [-0.3, -0.25) is 14.5 Å². The normalized spacial score (nSPS) is 21.6. The lowest BCUT2D eigenvalue weighted by Gasteiger charge is -2.34. The number of nitrogens with zero attached hydrogens (tertiary/aromatic N) is 4. The van der Waals surface area contributed by atoms with Crippen LogP contribution in [0.5, 0.6) is 0 Å². The van der Waals surface area contributed by atoms with Crippen molar-refractivity contribution in [1.29, 1.82) is 0 Å². The third kappa shape index (κ3) is 3.81. The van der Waals surface area contributed by atoms with Gasteiger partial charge >= 0.3 is 5.97 Å². The summed E-state index contributed by atoms with van der Waals surface area (Å²) >= 11 is 0. The molecule has 0 saturated carbocycles. The highest BCUT2D eigenvalue weighted by atomic mass is 16.5. The fourth-order valence-corrected chi connectivity index (χ4v) is 3.16. The minimum atomic E-state index is -0.517. The molecule has 3 rings (SSSR count). The van der Waals surface area contributed by atoms with Crippen LogP contribution in [0.15, 0.2) is 12.3 Å². The van der Waals surface area contributed by atoms with Crippen molar-refractivity contribution in [2.45, 2.75) is 31.8 Å². The number of rotatable bonds is 5. The molecule has 2 aliphatic heterocycles. The third-order valence-electron chi connectivity index (χ3n) is 4.48. The molecule has 1 atom stereocenters. The van der Waals surface area contributed by atoms with Gasteiger partial charge in [-0.15, -0.1) is 0 Å². The number of nitrogens with one attached hydrogen (secondary N) is 1. The lowest BCUT2D eigenvalue weighted by Crippen LogP contribution is -2.55. The molecule has 8 nitrogen and oxygen atoms in total. The first-order valence-electron chi connectivity index (χ1n) is 8.33. The Morgan fingerprint density at radius 1 is 1.38 bits per heavy atom. The molecule has 0 unspecified atom stereocenters. The van der Waals surface area contributed by atoms with E-state index < -0.39 is 6.04 Å². The number of anilines is 1. The third-order valence-corrected chi connectivity index (χ3v) is 4.48. The zero-order valence-electron chi connectivity index (χ0n) is 13.9. The minimum absolute atomic E-state index is 0.0480. The van der Waals surface area contributed by atoms with Crippen LogP contribution in [0.1, 0.15) is 25.0 Å². The second kappa shape index (κ2) is 7.57. The largest absolute Gasteiger partial charge is 0.469 e. The van der Waals surface area contributed by atoms with Gasteiger partial charge < -0.3 is 15.0 Å². The first-order valence-corrected chi connectivity index (χ1v) is 8.33. The van der Waals surface area contributed by atoms with Crippen LogP contribution in [0.25, 0.3) is 0 Å². The van der Waals surface area contributed by atoms with Crippen LogP contribution < -0.4 is 10.2 Å². The number of hydrogen-bond donors (Lipinski definition) is 1. The molecule has 130 valence electrons. The molecule has 1 N–H and O–H groups in total. The van der Waals surface area contributed by atoms with Crippen molar-refractivity contribution >= 4 is 17.8 Å². The molecule has 0 spiro atoms. The van der Waals surface area contributed by atoms with E-state index in [0.29, 0.717) is 19.6 Å². The Balaban J connectivity index is 1.71. The van der Waals surface area contributed by atoms with Gasteiger partial charge in [-0.25, -0.2) is 9.97 Å². The maximum atomic E-state index is 12.1. The van der Waals surface area contributed by atoms with Gasteiger partial charge in [0.1, 0.15) is 6.04 Å². The quantitative estimate of drug-likeness (QED) is 0.755. The molecule has 0 aromatic carbocycles. The highest BCUT2D eigenvalue weighted by molar-refractivity contribution is 5.87. The van der Waals surface area contributed by atoms with Gasteiger partial charge in [0, 0.05) is 38.9 Å². The van der Waals surface area contributed by atoms with E-state index in [0.717, 1.165) is 24.7 Å². The molecule has 8 heteroatoms. The fourth-order valence-electron chi connectivity index (χ4n) is 3.16. The van der Waals surface area contributed by atoms with Crippen LogP contribution in [0.3, 0.4) is 0 Å². The molecule has 1 aromatic rings. The number of piperazine rings is 1. The van der Waals surface area contributed by atoms with Crippen molar-refractivity contribution < 1.29 is 14.3 Å². The zero-order chi connectivity index (χ0) is 16.9. The maximum Gasteiger partial charge on any atom is 0.307 e. The maximum absolute atomic E-state index is 12.1. The second-order valence-corrected chi connectivity index (χ2v) is 6.10. The molecule has 24 heavy (non-hydrogen) atoms. The Kier molecular flexibility index (Phi) is 5.24. The highest BCUT2D eigenvalue weighted by Crippen LogP contribution is 2.17. The summed E-state index contributed by atoms with van der Waals surface area (Å²) in [5.74, 6) is 0.221. The van der Waals surface area contributed by atoms with Crippen molar-refractivity contribution in [3.8, 4) is 0 Å². The van der Waals surface area contributed by atoms with Crippen LogP contribution in [0.4, 0.5) is 5.95 Å². The summed E-state index contributed by atoms with van der Waals surface area (Å²) in [5, 5.41) is 2.80. The smallest absolute Gasteiger partial charge is 0.307 e. The van der Waals surface area contributed by atoms with Crippen LogP contribution in [0.2, 0.25) is 0 Å². The molecule has 0 radical (unpaired) electrons. The van der Waals surface area contributed by atoms with Gasteiger partial charge in [-0.2, -0.15) is 0 Å². The summed E-state index contributed by atoms with van der Waals surface area (Å²) in [6, 6.07) is 1.35. The number of amides is 1. The summed E-state index contributed by atoms with van der Waals surface area (Å²) < 4.78 is 4.71. The van der Waals surface area contributed by atoms with E-state index >= 15 is 0 Å². The summed E-state index contributed by atoms with van der Waals surface area (Å²) in [7, 11) is 1.33. The Bertz CT molecular complexity index is 603. The fraction of sp³-hybridized carbons (Fsp3) is 0.625. The molecule has 3 heterocycles. The van der Waals surface area contributed by atoms with Crippen LogP contribution in [-0.4, -0.2) is 66.1 Å². The zero-order valence-corrected chi connectivity index (χ0v) is 13.9. The number of carbonyl (C=O) groups excluding carboxylic acids is 2. The van der Waals surface area contributed by atoms with Crippen molar-refractivity contribution in [3.63, 3.8) is 0 Å². The number of methoxy groups -OCH3 is 1. The van der Waals surface area contributed by atoms with Crippen molar-refractivity contribution in [2.24, 2.45) is 0 Å². The Morgan fingerprint density at radius 2 is 2.17 bits per heavy atom. The van der Waals surface area contributed by atoms with Crippen molar-refractivity contribution in [1.82, 2.24) is 20.2 Å². The first-order chi connectivity index (χ1) is 11.7. The van der Waals surface area contributed by atoms with Crippen LogP contribution >= 0.6 is 0 Å². The number of hydrogen-bond acceptors (Lipinski definition) is 7. The Morgan fingerprint density at radius 3 is 2.92 bits per heavy atom. The molecular weight excluding hydrogens is 310 g/mol. The molecule has 0 bridgehead atoms. The summed E-state index contributed by atoms with van der Waals surface area (Å²) in [5.41, 5.74) is 0.858. The predicted molar refractivity (Wildman–Crippen MR) is 87.3 cm³/mol. The minimum Gasteiger partial charge on any atom is -0.469 e. The number of ether oxygens (including phenoxy) is 1. The molecule has 2 saturated heterocycles. The standard InChI is InChI=1S/C16H23N5O3/c1-24-14(22)10-13-15(23)17-6-9-21(13)11-12-4-5-18-16(19-12)20-7-2-3-8-20/h4-5,13H,2-3,6-11H2,1H3,(H,17,23)/t13-/m0/s1. The van der Waals surface area contributed by atoms with E-state index in [2.05, 4.69) is 20.2 Å². The lowest BCUT2D eigenvalue weighted by atomic mass is 10.1. The van der Waals surface area contributed by atoms with E-state index in [1.54, 1.807) is 6.20 Å². The number of carbonyl (C=O) groups is 2. The first kappa shape index (κ1) is 16.6. The Labute approximate surface area is 141 Å². The van der Waals surface area contributed by atoms with Crippen LogP contribution in [0, 0.1) is 0 Å². The van der Waals surface area contributed by atoms with E-state index in [4.69, 9.17) is 4.74 Å². The molecule has 1 amide bonds. The van der Waals surface area contributed by atoms with Gasteiger partial charge in [0.2, 0.25) is 11.9 Å². The predicted octanol–water partition coefficient (Wildman–Crippen LogP) is -0.0597. The van der Waals surface area contributed by atoms with Crippen LogP contribution in [-0.2, 0) is 20.9 Å². The van der Waals surface area contributed by atoms with E-state index in [-0.39, 0.29) is 18.3 Å². The van der Waals surface area contributed by atoms with E-state index in [9.17, 15) is 9.59 Å². The second-order valence-electron chi connectivity index (χ2n) is 6.10. The van der Waals surface area contributed by atoms with Gasteiger partial charge in [-0.1, -0.05) is 0 Å². The van der Waals surface area contributed by atoms with Gasteiger partial charge in [0.25, 0.3) is 0 Å². The number of aromatic nitrogens is 2. The Hall–Kier alpha value is -2.22. The molecule has 2 aliphatic rings. The molecule has 0 aliphatic carbocycles. The number of esters is 1. The molecule has 2 fully saturated rings. The molecule has 1 aromatic heterocycles. The summed E-state index contributed by atoms with van der Waals surface area (Å²) in [6.07, 6.45) is 4.14. The lowest BCUT2D eigenvalue weighted by molar-refractivity contribution is -0.146. The van der Waals surface area contributed by atoms with Gasteiger partial charge in [0.05, 0.1) is 19.2 Å². The average Bonchev–Trinajstić information content (AvgIpc) is 3.13.